The summed E-state index contributed by atoms with van der Waals surface area (Å²) in [6.07, 6.45) is 0.104. The second-order valence-electron chi connectivity index (χ2n) is 6.79. The van der Waals surface area contributed by atoms with E-state index in [-0.39, 0.29) is 25.1 Å². The van der Waals surface area contributed by atoms with Crippen molar-refractivity contribution in [2.75, 3.05) is 13.9 Å². The maximum atomic E-state index is 12.3. The van der Waals surface area contributed by atoms with Crippen LogP contribution >= 0.6 is 0 Å². The molecule has 0 saturated carbocycles. The fourth-order valence-corrected chi connectivity index (χ4v) is 3.87. The predicted octanol–water partition coefficient (Wildman–Crippen LogP) is 3.28. The van der Waals surface area contributed by atoms with Crippen LogP contribution in [0.3, 0.4) is 0 Å². The molecule has 0 unspecified atom stereocenters. The van der Waals surface area contributed by atoms with E-state index in [1.807, 2.05) is 19.1 Å². The molecule has 28 heavy (non-hydrogen) atoms. The molecule has 7 nitrogen and oxygen atoms in total. The van der Waals surface area contributed by atoms with Gasteiger partial charge in [-0.3, -0.25) is 4.79 Å². The molecule has 2 aliphatic rings. The highest BCUT2D eigenvalue weighted by molar-refractivity contribution is 5.90. The highest BCUT2D eigenvalue weighted by atomic mass is 16.7. The fourth-order valence-electron chi connectivity index (χ4n) is 3.87. The Morgan fingerprint density at radius 2 is 1.93 bits per heavy atom. The maximum Gasteiger partial charge on any atom is 0.336 e. The normalized spacial score (nSPS) is 17.4. The highest BCUT2D eigenvalue weighted by Gasteiger charge is 2.34. The first kappa shape index (κ1) is 16.7. The fraction of sp³-hybridized carbons (Fsp3) is 0.238. The zero-order valence-electron chi connectivity index (χ0n) is 15.2. The summed E-state index contributed by atoms with van der Waals surface area (Å²) in [6.45, 7) is 1.95. The summed E-state index contributed by atoms with van der Waals surface area (Å²) < 4.78 is 27.4. The van der Waals surface area contributed by atoms with Crippen LogP contribution in [0.2, 0.25) is 0 Å². The molecule has 0 saturated heterocycles. The average molecular weight is 380 g/mol. The van der Waals surface area contributed by atoms with E-state index < -0.39 is 5.63 Å². The van der Waals surface area contributed by atoms with Gasteiger partial charge in [0.2, 0.25) is 12.5 Å². The van der Waals surface area contributed by atoms with Crippen molar-refractivity contribution in [2.24, 2.45) is 0 Å². The Morgan fingerprint density at radius 1 is 1.07 bits per heavy atom. The summed E-state index contributed by atoms with van der Waals surface area (Å²) in [5, 5.41) is 0.800. The third kappa shape index (κ3) is 2.43. The molecular weight excluding hydrogens is 364 g/mol. The Hall–Kier alpha value is -3.48. The summed E-state index contributed by atoms with van der Waals surface area (Å²) in [7, 11) is 1.54. The number of benzene rings is 2. The first-order valence-corrected chi connectivity index (χ1v) is 8.80. The number of esters is 1. The Balaban J connectivity index is 1.78. The molecule has 1 aromatic heterocycles. The Kier molecular flexibility index (Phi) is 3.58. The summed E-state index contributed by atoms with van der Waals surface area (Å²) in [4.78, 5) is 24.3. The van der Waals surface area contributed by atoms with Crippen molar-refractivity contribution in [3.8, 4) is 23.0 Å². The van der Waals surface area contributed by atoms with Gasteiger partial charge < -0.3 is 23.4 Å². The summed E-state index contributed by atoms with van der Waals surface area (Å²) in [5.74, 6) is 1.25. The van der Waals surface area contributed by atoms with Gasteiger partial charge in [-0.15, -0.1) is 0 Å². The predicted molar refractivity (Wildman–Crippen MR) is 98.4 cm³/mol. The van der Waals surface area contributed by atoms with Crippen molar-refractivity contribution in [2.45, 2.75) is 19.3 Å². The number of hydrogen-bond donors (Lipinski definition) is 0. The summed E-state index contributed by atoms with van der Waals surface area (Å²) in [5.41, 5.74) is 2.23. The van der Waals surface area contributed by atoms with Crippen molar-refractivity contribution < 1.29 is 28.2 Å². The van der Waals surface area contributed by atoms with Crippen LogP contribution in [0.1, 0.15) is 29.0 Å². The molecule has 0 fully saturated rings. The molecule has 0 radical (unpaired) electrons. The van der Waals surface area contributed by atoms with Gasteiger partial charge in [-0.05, 0) is 42.3 Å². The summed E-state index contributed by atoms with van der Waals surface area (Å²) in [6, 6.07) is 8.61. The van der Waals surface area contributed by atoms with E-state index in [1.165, 1.54) is 6.07 Å². The monoisotopic (exact) mass is 380 g/mol. The average Bonchev–Trinajstić information content (AvgIpc) is 3.14. The minimum absolute atomic E-state index is 0.104. The van der Waals surface area contributed by atoms with Crippen LogP contribution in [0.5, 0.6) is 23.0 Å². The van der Waals surface area contributed by atoms with Crippen molar-refractivity contribution in [1.29, 1.82) is 0 Å². The number of methoxy groups -OCH3 is 1. The van der Waals surface area contributed by atoms with E-state index in [1.54, 1.807) is 19.2 Å². The van der Waals surface area contributed by atoms with E-state index in [0.717, 1.165) is 16.5 Å². The first-order valence-electron chi connectivity index (χ1n) is 8.80. The number of carbonyl (C=O) groups excluding carboxylic acids is 1. The highest BCUT2D eigenvalue weighted by Crippen LogP contribution is 2.48. The van der Waals surface area contributed by atoms with E-state index in [0.29, 0.717) is 34.1 Å². The van der Waals surface area contributed by atoms with Gasteiger partial charge in [-0.2, -0.15) is 0 Å². The van der Waals surface area contributed by atoms with Gasteiger partial charge in [0, 0.05) is 22.9 Å². The van der Waals surface area contributed by atoms with Crippen LogP contribution in [0.4, 0.5) is 0 Å². The molecule has 2 aromatic carbocycles. The largest absolute Gasteiger partial charge is 0.493 e. The first-order chi connectivity index (χ1) is 13.5. The molecular formula is C21H16O7. The maximum absolute atomic E-state index is 12.3. The van der Waals surface area contributed by atoms with E-state index in [4.69, 9.17) is 23.4 Å². The molecule has 0 amide bonds. The van der Waals surface area contributed by atoms with Crippen LogP contribution in [0.25, 0.3) is 11.0 Å². The van der Waals surface area contributed by atoms with Gasteiger partial charge in [-0.25, -0.2) is 4.79 Å². The summed E-state index contributed by atoms with van der Waals surface area (Å²) >= 11 is 0. The number of fused-ring (bicyclic) bond motifs is 4. The standard InChI is InChI=1S/C21H16O7/c1-10-5-17(22)28-20-12(10)3-4-14-19(20)13(8-18(23)27-14)11-6-15(24-2)21-16(7-11)25-9-26-21/h3-7,13H,8-9H2,1-2H3/t13-/m0/s1. The number of carbonyl (C=O) groups is 1. The number of rotatable bonds is 2. The second-order valence-corrected chi connectivity index (χ2v) is 6.79. The molecule has 7 heteroatoms. The van der Waals surface area contributed by atoms with Crippen LogP contribution in [0.15, 0.2) is 39.5 Å². The molecule has 0 bridgehead atoms. The van der Waals surface area contributed by atoms with Crippen molar-refractivity contribution in [1.82, 2.24) is 0 Å². The molecule has 3 aromatic rings. The van der Waals surface area contributed by atoms with E-state index >= 15 is 0 Å². The molecule has 0 N–H and O–H groups in total. The minimum Gasteiger partial charge on any atom is -0.493 e. The van der Waals surface area contributed by atoms with Crippen LogP contribution in [0, 0.1) is 6.92 Å². The molecule has 3 heterocycles. The van der Waals surface area contributed by atoms with Crippen molar-refractivity contribution in [3.63, 3.8) is 0 Å². The molecule has 142 valence electrons. The molecule has 0 spiro atoms. The Labute approximate surface area is 159 Å². The van der Waals surface area contributed by atoms with Gasteiger partial charge in [0.15, 0.2) is 11.5 Å². The number of hydrogen-bond acceptors (Lipinski definition) is 7. The van der Waals surface area contributed by atoms with Gasteiger partial charge in [0.25, 0.3) is 0 Å². The molecule has 5 rings (SSSR count). The Morgan fingerprint density at radius 3 is 2.75 bits per heavy atom. The van der Waals surface area contributed by atoms with Gasteiger partial charge >= 0.3 is 11.6 Å². The Bertz CT molecular complexity index is 1190. The third-order valence-corrected chi connectivity index (χ3v) is 5.14. The lowest BCUT2D eigenvalue weighted by Crippen LogP contribution is -2.21. The lowest BCUT2D eigenvalue weighted by Gasteiger charge is -2.26. The minimum atomic E-state index is -0.447. The topological polar surface area (TPSA) is 84.2 Å². The van der Waals surface area contributed by atoms with E-state index in [9.17, 15) is 9.59 Å². The van der Waals surface area contributed by atoms with Gasteiger partial charge in [0.1, 0.15) is 11.3 Å². The van der Waals surface area contributed by atoms with Gasteiger partial charge in [0.05, 0.1) is 13.5 Å². The van der Waals surface area contributed by atoms with Crippen LogP contribution in [-0.4, -0.2) is 19.9 Å². The molecule has 1 atom stereocenters. The molecule has 0 aliphatic carbocycles. The van der Waals surface area contributed by atoms with Crippen molar-refractivity contribution in [3.05, 3.63) is 57.4 Å². The smallest absolute Gasteiger partial charge is 0.336 e. The SMILES string of the molecule is COc1cc([C@@H]2CC(=O)Oc3ccc4c(C)cc(=O)oc4c32)cc2c1OCO2. The lowest BCUT2D eigenvalue weighted by molar-refractivity contribution is -0.135. The number of ether oxygens (including phenoxy) is 4. The third-order valence-electron chi connectivity index (χ3n) is 5.14. The zero-order chi connectivity index (χ0) is 19.4. The van der Waals surface area contributed by atoms with Crippen LogP contribution < -0.4 is 24.6 Å². The van der Waals surface area contributed by atoms with E-state index in [2.05, 4.69) is 0 Å². The molecule has 2 aliphatic heterocycles. The van der Waals surface area contributed by atoms with Crippen LogP contribution in [-0.2, 0) is 4.79 Å². The van der Waals surface area contributed by atoms with Crippen molar-refractivity contribution >= 4 is 16.9 Å². The lowest BCUT2D eigenvalue weighted by atomic mass is 9.84. The number of aryl methyl sites for hydroxylation is 1. The quantitative estimate of drug-likeness (QED) is 0.383. The zero-order valence-corrected chi connectivity index (χ0v) is 15.2. The second kappa shape index (κ2) is 6.02. The van der Waals surface area contributed by atoms with Gasteiger partial charge in [-0.1, -0.05) is 0 Å².